The van der Waals surface area contributed by atoms with Crippen LogP contribution in [0.25, 0.3) is 0 Å². The number of nitrogens with zero attached hydrogens (tertiary/aromatic N) is 3. The minimum atomic E-state index is 0.417. The summed E-state index contributed by atoms with van der Waals surface area (Å²) in [6, 6.07) is 8.96. The van der Waals surface area contributed by atoms with Gasteiger partial charge in [0.1, 0.15) is 0 Å². The lowest BCUT2D eigenvalue weighted by Crippen LogP contribution is -2.34. The summed E-state index contributed by atoms with van der Waals surface area (Å²) in [4.78, 5) is 11.2. The third kappa shape index (κ3) is 2.26. The normalized spacial score (nSPS) is 17.8. The van der Waals surface area contributed by atoms with Crippen LogP contribution in [-0.4, -0.2) is 23.1 Å². The standard InChI is InChI=1S/C15H17BrN4/c1-10-7-8-11-5-3-4-6-13(11)20(10)14-12(16)9-18-15(17-2)19-14/h3-6,9-10H,7-8H2,1-2H3,(H,17,18,19). The summed E-state index contributed by atoms with van der Waals surface area (Å²) in [5.41, 5.74) is 2.62. The number of hydrogen-bond donors (Lipinski definition) is 1. The van der Waals surface area contributed by atoms with Gasteiger partial charge in [-0.1, -0.05) is 18.2 Å². The van der Waals surface area contributed by atoms with Crippen LogP contribution in [0.5, 0.6) is 0 Å². The molecule has 0 spiro atoms. The fourth-order valence-corrected chi connectivity index (χ4v) is 3.04. The van der Waals surface area contributed by atoms with Gasteiger partial charge in [0.25, 0.3) is 0 Å². The predicted molar refractivity (Wildman–Crippen MR) is 85.6 cm³/mol. The number of nitrogens with one attached hydrogen (secondary N) is 1. The molecule has 1 aliphatic rings. The van der Waals surface area contributed by atoms with Crippen LogP contribution in [0.4, 0.5) is 17.5 Å². The Hall–Kier alpha value is -1.62. The van der Waals surface area contributed by atoms with Gasteiger partial charge in [0.05, 0.1) is 4.47 Å². The molecular formula is C15H17BrN4. The Bertz CT molecular complexity index is 629. The molecular weight excluding hydrogens is 316 g/mol. The molecule has 20 heavy (non-hydrogen) atoms. The predicted octanol–water partition coefficient (Wildman–Crippen LogP) is 3.75. The van der Waals surface area contributed by atoms with E-state index in [4.69, 9.17) is 0 Å². The van der Waals surface area contributed by atoms with E-state index in [0.717, 1.165) is 23.1 Å². The summed E-state index contributed by atoms with van der Waals surface area (Å²) >= 11 is 3.58. The monoisotopic (exact) mass is 332 g/mol. The van der Waals surface area contributed by atoms with Crippen LogP contribution in [-0.2, 0) is 6.42 Å². The van der Waals surface area contributed by atoms with Crippen molar-refractivity contribution in [3.05, 3.63) is 40.5 Å². The Kier molecular flexibility index (Phi) is 3.61. The SMILES string of the molecule is CNc1ncc(Br)c(N2c3ccccc3CCC2C)n1. The first-order valence-corrected chi connectivity index (χ1v) is 7.57. The smallest absolute Gasteiger partial charge is 0.224 e. The number of fused-ring (bicyclic) bond motifs is 1. The number of halogens is 1. The van der Waals surface area contributed by atoms with Crippen molar-refractivity contribution in [1.82, 2.24) is 9.97 Å². The maximum absolute atomic E-state index is 4.62. The zero-order valence-corrected chi connectivity index (χ0v) is 13.2. The molecule has 1 aliphatic heterocycles. The lowest BCUT2D eigenvalue weighted by Gasteiger charge is -2.36. The number of para-hydroxylation sites is 1. The summed E-state index contributed by atoms with van der Waals surface area (Å²) in [6.45, 7) is 2.24. The van der Waals surface area contributed by atoms with Gasteiger partial charge < -0.3 is 10.2 Å². The maximum atomic E-state index is 4.62. The summed E-state index contributed by atoms with van der Waals surface area (Å²) in [5.74, 6) is 1.56. The van der Waals surface area contributed by atoms with E-state index in [1.54, 1.807) is 6.20 Å². The van der Waals surface area contributed by atoms with Crippen molar-refractivity contribution in [2.45, 2.75) is 25.8 Å². The van der Waals surface area contributed by atoms with Crippen LogP contribution < -0.4 is 10.2 Å². The lowest BCUT2D eigenvalue weighted by atomic mass is 9.97. The van der Waals surface area contributed by atoms with Crippen molar-refractivity contribution in [3.8, 4) is 0 Å². The van der Waals surface area contributed by atoms with Gasteiger partial charge in [-0.05, 0) is 47.3 Å². The molecule has 2 aromatic rings. The van der Waals surface area contributed by atoms with E-state index in [1.807, 2.05) is 7.05 Å². The summed E-state index contributed by atoms with van der Waals surface area (Å²) in [6.07, 6.45) is 4.05. The van der Waals surface area contributed by atoms with Crippen molar-refractivity contribution in [2.24, 2.45) is 0 Å². The van der Waals surface area contributed by atoms with E-state index in [2.05, 4.69) is 67.3 Å². The average molecular weight is 333 g/mol. The molecule has 104 valence electrons. The van der Waals surface area contributed by atoms with Gasteiger partial charge in [-0.3, -0.25) is 0 Å². The molecule has 0 amide bonds. The first kappa shape index (κ1) is 13.4. The molecule has 1 aromatic heterocycles. The van der Waals surface area contributed by atoms with Crippen LogP contribution in [0.15, 0.2) is 34.9 Å². The Morgan fingerprint density at radius 2 is 2.15 bits per heavy atom. The third-order valence-corrected chi connectivity index (χ3v) is 4.26. The first-order chi connectivity index (χ1) is 9.70. The highest BCUT2D eigenvalue weighted by molar-refractivity contribution is 9.10. The van der Waals surface area contributed by atoms with E-state index in [-0.39, 0.29) is 0 Å². The molecule has 2 heterocycles. The van der Waals surface area contributed by atoms with Gasteiger partial charge in [-0.15, -0.1) is 0 Å². The molecule has 1 N–H and O–H groups in total. The van der Waals surface area contributed by atoms with Crippen molar-refractivity contribution in [1.29, 1.82) is 0 Å². The van der Waals surface area contributed by atoms with E-state index in [1.165, 1.54) is 11.3 Å². The van der Waals surface area contributed by atoms with Crippen LogP contribution in [0.3, 0.4) is 0 Å². The molecule has 0 saturated carbocycles. The third-order valence-electron chi connectivity index (χ3n) is 3.70. The summed E-state index contributed by atoms with van der Waals surface area (Å²) in [5, 5.41) is 3.00. The molecule has 0 fully saturated rings. The number of aryl methyl sites for hydroxylation is 1. The van der Waals surface area contributed by atoms with Crippen molar-refractivity contribution < 1.29 is 0 Å². The number of rotatable bonds is 2. The largest absolute Gasteiger partial charge is 0.357 e. The molecule has 0 saturated heterocycles. The molecule has 4 nitrogen and oxygen atoms in total. The van der Waals surface area contributed by atoms with Gasteiger partial charge in [0.2, 0.25) is 5.95 Å². The minimum absolute atomic E-state index is 0.417. The fourth-order valence-electron chi connectivity index (χ4n) is 2.66. The number of hydrogen-bond acceptors (Lipinski definition) is 4. The molecule has 0 aliphatic carbocycles. The first-order valence-electron chi connectivity index (χ1n) is 6.78. The number of benzene rings is 1. The highest BCUT2D eigenvalue weighted by Crippen LogP contribution is 2.38. The number of aromatic nitrogens is 2. The van der Waals surface area contributed by atoms with Crippen LogP contribution in [0, 0.1) is 0 Å². The second-order valence-corrected chi connectivity index (χ2v) is 5.86. The molecule has 5 heteroatoms. The second kappa shape index (κ2) is 5.40. The highest BCUT2D eigenvalue weighted by atomic mass is 79.9. The van der Waals surface area contributed by atoms with Crippen molar-refractivity contribution in [3.63, 3.8) is 0 Å². The average Bonchev–Trinajstić information content (AvgIpc) is 2.48. The van der Waals surface area contributed by atoms with Crippen molar-refractivity contribution in [2.75, 3.05) is 17.3 Å². The summed E-state index contributed by atoms with van der Waals surface area (Å²) < 4.78 is 0.917. The van der Waals surface area contributed by atoms with E-state index in [0.29, 0.717) is 12.0 Å². The molecule has 0 radical (unpaired) electrons. The quantitative estimate of drug-likeness (QED) is 0.909. The number of anilines is 3. The molecule has 1 atom stereocenters. The van der Waals surface area contributed by atoms with Crippen molar-refractivity contribution >= 4 is 33.4 Å². The van der Waals surface area contributed by atoms with Gasteiger partial charge in [0, 0.05) is 25.0 Å². The summed E-state index contributed by atoms with van der Waals surface area (Å²) in [7, 11) is 1.83. The molecule has 0 bridgehead atoms. The van der Waals surface area contributed by atoms with Gasteiger partial charge in [0.15, 0.2) is 5.82 Å². The highest BCUT2D eigenvalue weighted by Gasteiger charge is 2.26. The van der Waals surface area contributed by atoms with Crippen LogP contribution in [0.1, 0.15) is 18.9 Å². The van der Waals surface area contributed by atoms with E-state index >= 15 is 0 Å². The molecule has 1 unspecified atom stereocenters. The van der Waals surface area contributed by atoms with E-state index in [9.17, 15) is 0 Å². The fraction of sp³-hybridized carbons (Fsp3) is 0.333. The molecule has 1 aromatic carbocycles. The minimum Gasteiger partial charge on any atom is -0.357 e. The van der Waals surface area contributed by atoms with Gasteiger partial charge in [-0.25, -0.2) is 4.98 Å². The Morgan fingerprint density at radius 1 is 1.35 bits per heavy atom. The van der Waals surface area contributed by atoms with Crippen LogP contribution in [0.2, 0.25) is 0 Å². The zero-order valence-electron chi connectivity index (χ0n) is 11.6. The van der Waals surface area contributed by atoms with Crippen LogP contribution >= 0.6 is 15.9 Å². The molecule has 3 rings (SSSR count). The Balaban J connectivity index is 2.13. The maximum Gasteiger partial charge on any atom is 0.224 e. The van der Waals surface area contributed by atoms with E-state index < -0.39 is 0 Å². The second-order valence-electron chi connectivity index (χ2n) is 5.00. The lowest BCUT2D eigenvalue weighted by molar-refractivity contribution is 0.612. The van der Waals surface area contributed by atoms with Gasteiger partial charge in [-0.2, -0.15) is 4.98 Å². The Morgan fingerprint density at radius 3 is 2.95 bits per heavy atom. The zero-order chi connectivity index (χ0) is 14.1. The Labute approximate surface area is 127 Å². The van der Waals surface area contributed by atoms with Gasteiger partial charge >= 0.3 is 0 Å². The topological polar surface area (TPSA) is 41.1 Å².